The Morgan fingerprint density at radius 3 is 1.94 bits per heavy atom. The molecule has 2 heterocycles. The fourth-order valence-electron chi connectivity index (χ4n) is 5.83. The molecule has 1 N–H and O–H groups in total. The summed E-state index contributed by atoms with van der Waals surface area (Å²) in [6.45, 7) is 3.26. The molecular formula is C30H32N4O. The van der Waals surface area contributed by atoms with E-state index in [1.807, 2.05) is 54.6 Å². The molecule has 3 aromatic rings. The number of carbonyl (C=O) groups excluding carboxylic acids is 1. The van der Waals surface area contributed by atoms with Gasteiger partial charge in [0.05, 0.1) is 12.7 Å². The lowest BCUT2D eigenvalue weighted by Gasteiger charge is -2.43. The molecule has 2 fully saturated rings. The summed E-state index contributed by atoms with van der Waals surface area (Å²) in [7, 11) is 0. The Bertz CT molecular complexity index is 1130. The number of para-hydroxylation sites is 1. The monoisotopic (exact) mass is 464 g/mol. The molecule has 2 saturated heterocycles. The average Bonchev–Trinajstić information content (AvgIpc) is 3.24. The number of carbonyl (C=O) groups is 1. The van der Waals surface area contributed by atoms with Crippen molar-refractivity contribution in [2.24, 2.45) is 0 Å². The SMILES string of the molecule is N#CC(CCCN1CCC2(CC1)C(=O)NCN2c1ccccc1)(c1ccccc1)c1ccccc1. The molecule has 0 atom stereocenters. The molecule has 3 aromatic carbocycles. The minimum absolute atomic E-state index is 0.151. The van der Waals surface area contributed by atoms with E-state index in [9.17, 15) is 10.1 Å². The minimum atomic E-state index is -0.658. The lowest BCUT2D eigenvalue weighted by atomic mass is 9.72. The number of nitriles is 1. The number of likely N-dealkylation sites (tertiary alicyclic amines) is 1. The summed E-state index contributed by atoms with van der Waals surface area (Å²) in [6.07, 6.45) is 3.30. The molecule has 1 amide bonds. The van der Waals surface area contributed by atoms with Gasteiger partial charge in [0, 0.05) is 18.8 Å². The molecule has 0 saturated carbocycles. The molecule has 5 rings (SSSR count). The van der Waals surface area contributed by atoms with E-state index >= 15 is 0 Å². The van der Waals surface area contributed by atoms with Crippen LogP contribution in [0.25, 0.3) is 0 Å². The molecule has 178 valence electrons. The topological polar surface area (TPSA) is 59.4 Å². The summed E-state index contributed by atoms with van der Waals surface area (Å²) in [5.41, 5.74) is 2.08. The van der Waals surface area contributed by atoms with Gasteiger partial charge in [0.1, 0.15) is 11.0 Å². The van der Waals surface area contributed by atoms with Crippen molar-refractivity contribution in [3.63, 3.8) is 0 Å². The van der Waals surface area contributed by atoms with E-state index in [0.29, 0.717) is 6.67 Å². The van der Waals surface area contributed by atoms with E-state index in [2.05, 4.69) is 57.6 Å². The summed E-state index contributed by atoms with van der Waals surface area (Å²) < 4.78 is 0. The van der Waals surface area contributed by atoms with E-state index in [1.54, 1.807) is 0 Å². The van der Waals surface area contributed by atoms with Crippen LogP contribution in [0.15, 0.2) is 91.0 Å². The van der Waals surface area contributed by atoms with Crippen LogP contribution in [0, 0.1) is 11.3 Å². The van der Waals surface area contributed by atoms with Crippen LogP contribution in [-0.2, 0) is 10.2 Å². The normalized spacial score (nSPS) is 17.8. The first-order valence-electron chi connectivity index (χ1n) is 12.5. The standard InChI is InChI=1S/C30H32N4O/c31-23-29(25-11-4-1-5-12-25,26-13-6-2-7-14-26)17-10-20-33-21-18-30(19-22-33)28(35)32-24-34(30)27-15-8-3-9-16-27/h1-9,11-16H,10,17-22,24H2,(H,32,35). The van der Waals surface area contributed by atoms with Crippen LogP contribution < -0.4 is 10.2 Å². The van der Waals surface area contributed by atoms with E-state index in [4.69, 9.17) is 0 Å². The first-order chi connectivity index (χ1) is 17.2. The third-order valence-electron chi connectivity index (χ3n) is 7.84. The summed E-state index contributed by atoms with van der Waals surface area (Å²) in [5.74, 6) is 0.151. The van der Waals surface area contributed by atoms with Gasteiger partial charge in [-0.1, -0.05) is 78.9 Å². The van der Waals surface area contributed by atoms with Gasteiger partial charge >= 0.3 is 0 Å². The maximum absolute atomic E-state index is 12.9. The first kappa shape index (κ1) is 23.1. The summed E-state index contributed by atoms with van der Waals surface area (Å²) in [4.78, 5) is 17.6. The number of nitrogens with zero attached hydrogens (tertiary/aromatic N) is 3. The number of hydrogen-bond acceptors (Lipinski definition) is 4. The molecule has 0 aliphatic carbocycles. The maximum atomic E-state index is 12.9. The van der Waals surface area contributed by atoms with Crippen LogP contribution >= 0.6 is 0 Å². The van der Waals surface area contributed by atoms with Crippen molar-refractivity contribution in [3.05, 3.63) is 102 Å². The average molecular weight is 465 g/mol. The van der Waals surface area contributed by atoms with Gasteiger partial charge in [-0.05, 0) is 55.5 Å². The maximum Gasteiger partial charge on any atom is 0.247 e. The van der Waals surface area contributed by atoms with Crippen LogP contribution in [0.2, 0.25) is 0 Å². The van der Waals surface area contributed by atoms with E-state index in [1.165, 1.54) is 0 Å². The molecule has 35 heavy (non-hydrogen) atoms. The van der Waals surface area contributed by atoms with Crippen molar-refractivity contribution in [1.82, 2.24) is 10.2 Å². The zero-order valence-corrected chi connectivity index (χ0v) is 20.1. The zero-order chi connectivity index (χ0) is 24.1. The van der Waals surface area contributed by atoms with Crippen LogP contribution in [-0.4, -0.2) is 42.6 Å². The molecule has 5 heteroatoms. The van der Waals surface area contributed by atoms with Crippen LogP contribution in [0.1, 0.15) is 36.8 Å². The van der Waals surface area contributed by atoms with Gasteiger partial charge in [-0.2, -0.15) is 5.26 Å². The van der Waals surface area contributed by atoms with Crippen molar-refractivity contribution in [1.29, 1.82) is 5.26 Å². The lowest BCUT2D eigenvalue weighted by Crippen LogP contribution is -2.56. The molecule has 2 aliphatic rings. The molecule has 1 spiro atoms. The van der Waals surface area contributed by atoms with Gasteiger partial charge in [0.15, 0.2) is 0 Å². The lowest BCUT2D eigenvalue weighted by molar-refractivity contribution is -0.125. The van der Waals surface area contributed by atoms with Crippen LogP contribution in [0.3, 0.4) is 0 Å². The van der Waals surface area contributed by atoms with Crippen molar-refractivity contribution in [2.45, 2.75) is 36.6 Å². The fourth-order valence-corrected chi connectivity index (χ4v) is 5.83. The second-order valence-electron chi connectivity index (χ2n) is 9.65. The molecule has 0 unspecified atom stereocenters. The van der Waals surface area contributed by atoms with Gasteiger partial charge in [-0.3, -0.25) is 4.79 Å². The zero-order valence-electron chi connectivity index (χ0n) is 20.1. The van der Waals surface area contributed by atoms with Crippen LogP contribution in [0.4, 0.5) is 5.69 Å². The third-order valence-corrected chi connectivity index (χ3v) is 7.84. The highest BCUT2D eigenvalue weighted by molar-refractivity contribution is 5.93. The van der Waals surface area contributed by atoms with E-state index in [0.717, 1.165) is 62.1 Å². The Kier molecular flexibility index (Phi) is 6.57. The Balaban J connectivity index is 1.26. The summed E-state index contributed by atoms with van der Waals surface area (Å²) in [5, 5.41) is 13.5. The smallest absolute Gasteiger partial charge is 0.247 e. The van der Waals surface area contributed by atoms with Gasteiger partial charge in [-0.15, -0.1) is 0 Å². The Labute approximate surface area is 208 Å². The molecule has 0 aromatic heterocycles. The van der Waals surface area contributed by atoms with Crippen LogP contribution in [0.5, 0.6) is 0 Å². The second kappa shape index (κ2) is 9.93. The molecule has 0 bridgehead atoms. The number of piperidine rings is 1. The molecule has 5 nitrogen and oxygen atoms in total. The highest BCUT2D eigenvalue weighted by Crippen LogP contribution is 2.38. The van der Waals surface area contributed by atoms with E-state index < -0.39 is 11.0 Å². The largest absolute Gasteiger partial charge is 0.339 e. The predicted octanol–water partition coefficient (Wildman–Crippen LogP) is 4.70. The summed E-state index contributed by atoms with van der Waals surface area (Å²) in [6, 6.07) is 33.2. The number of nitrogens with one attached hydrogen (secondary N) is 1. The molecular weight excluding hydrogens is 432 g/mol. The first-order valence-corrected chi connectivity index (χ1v) is 12.5. The minimum Gasteiger partial charge on any atom is -0.339 e. The summed E-state index contributed by atoms with van der Waals surface area (Å²) >= 11 is 0. The van der Waals surface area contributed by atoms with Crippen molar-refractivity contribution >= 4 is 11.6 Å². The quantitative estimate of drug-likeness (QED) is 0.550. The molecule has 2 aliphatic heterocycles. The third kappa shape index (κ3) is 4.31. The van der Waals surface area contributed by atoms with Crippen molar-refractivity contribution in [3.8, 4) is 6.07 Å². The van der Waals surface area contributed by atoms with Crippen molar-refractivity contribution < 1.29 is 4.79 Å². The number of amides is 1. The number of benzene rings is 3. The second-order valence-corrected chi connectivity index (χ2v) is 9.65. The fraction of sp³-hybridized carbons (Fsp3) is 0.333. The predicted molar refractivity (Wildman–Crippen MR) is 139 cm³/mol. The Morgan fingerprint density at radius 2 is 1.40 bits per heavy atom. The van der Waals surface area contributed by atoms with Gasteiger partial charge < -0.3 is 15.1 Å². The van der Waals surface area contributed by atoms with Gasteiger partial charge in [0.2, 0.25) is 5.91 Å². The number of rotatable bonds is 7. The van der Waals surface area contributed by atoms with Gasteiger partial charge in [0.25, 0.3) is 0 Å². The number of hydrogen-bond donors (Lipinski definition) is 1. The highest BCUT2D eigenvalue weighted by Gasteiger charge is 2.50. The number of anilines is 1. The van der Waals surface area contributed by atoms with E-state index in [-0.39, 0.29) is 5.91 Å². The Morgan fingerprint density at radius 1 is 0.857 bits per heavy atom. The van der Waals surface area contributed by atoms with Crippen molar-refractivity contribution in [2.75, 3.05) is 31.2 Å². The highest BCUT2D eigenvalue weighted by atomic mass is 16.2. The van der Waals surface area contributed by atoms with Gasteiger partial charge in [-0.25, -0.2) is 0 Å². The molecule has 0 radical (unpaired) electrons. The Hall–Kier alpha value is -3.62.